The maximum Gasteiger partial charge on any atom is 0.435 e. The van der Waals surface area contributed by atoms with Crippen LogP contribution in [-0.4, -0.2) is 30.5 Å². The van der Waals surface area contributed by atoms with Crippen LogP contribution < -0.4 is 5.32 Å². The molecule has 0 spiro atoms. The molecule has 0 aliphatic heterocycles. The molecule has 1 N–H and O–H groups in total. The number of carbonyl (C=O) groups excluding carboxylic acids is 1. The van der Waals surface area contributed by atoms with E-state index in [1.54, 1.807) is 6.92 Å². The predicted octanol–water partition coefficient (Wildman–Crippen LogP) is 4.33. The van der Waals surface area contributed by atoms with Gasteiger partial charge in [0, 0.05) is 30.6 Å². The van der Waals surface area contributed by atoms with E-state index in [0.29, 0.717) is 36.6 Å². The van der Waals surface area contributed by atoms with Gasteiger partial charge in [-0.3, -0.25) is 14.5 Å². The molecule has 1 unspecified atom stereocenters. The first-order valence-corrected chi connectivity index (χ1v) is 10.1. The lowest BCUT2D eigenvalue weighted by Crippen LogP contribution is -2.32. The summed E-state index contributed by atoms with van der Waals surface area (Å²) in [5, 5.41) is 10.5. The van der Waals surface area contributed by atoms with Crippen LogP contribution in [0, 0.1) is 0 Å². The molecule has 0 aromatic carbocycles. The maximum absolute atomic E-state index is 13.0. The molecule has 0 saturated heterocycles. The molecule has 13 heteroatoms. The van der Waals surface area contributed by atoms with Gasteiger partial charge in [0.1, 0.15) is 11.4 Å². The molecular weight excluding hydrogens is 454 g/mol. The fraction of sp³-hybridized carbons (Fsp3) is 0.400. The van der Waals surface area contributed by atoms with Crippen molar-refractivity contribution in [3.8, 4) is 5.69 Å². The summed E-state index contributed by atoms with van der Waals surface area (Å²) in [6.45, 7) is 1.63. The lowest BCUT2D eigenvalue weighted by atomic mass is 9.93. The summed E-state index contributed by atoms with van der Waals surface area (Å²) >= 11 is 0. The highest BCUT2D eigenvalue weighted by molar-refractivity contribution is 5.93. The standard InChI is InChI=1S/C20H18F6N6O/c1-2-31-15(9-17(30-31)20(24,25)26)18(33)28-13-4-3-5-14-12(13)10-32(29-14)11-6-7-27-16(8-11)19(21,22)23/h6-10,13H,2-5H2,1H3,(H,28,33). The van der Waals surface area contributed by atoms with Crippen LogP contribution in [0.3, 0.4) is 0 Å². The summed E-state index contributed by atoms with van der Waals surface area (Å²) in [6.07, 6.45) is -5.06. The lowest BCUT2D eigenvalue weighted by molar-refractivity contribution is -0.142. The minimum atomic E-state index is -4.69. The number of fused-ring (bicyclic) bond motifs is 1. The second kappa shape index (κ2) is 8.19. The Kier molecular flexibility index (Phi) is 5.66. The average molecular weight is 472 g/mol. The Hall–Kier alpha value is -3.38. The highest BCUT2D eigenvalue weighted by Gasteiger charge is 2.36. The van der Waals surface area contributed by atoms with Crippen molar-refractivity contribution in [3.63, 3.8) is 0 Å². The van der Waals surface area contributed by atoms with E-state index in [1.165, 1.54) is 16.9 Å². The van der Waals surface area contributed by atoms with Gasteiger partial charge in [-0.2, -0.15) is 36.5 Å². The number of hydrogen-bond acceptors (Lipinski definition) is 4. The number of rotatable bonds is 4. The molecule has 176 valence electrons. The number of aromatic nitrogens is 5. The minimum absolute atomic E-state index is 0.0657. The van der Waals surface area contributed by atoms with Gasteiger partial charge in [0.15, 0.2) is 5.69 Å². The smallest absolute Gasteiger partial charge is 0.344 e. The van der Waals surface area contributed by atoms with Gasteiger partial charge in [0.25, 0.3) is 5.91 Å². The quantitative estimate of drug-likeness (QED) is 0.574. The zero-order valence-electron chi connectivity index (χ0n) is 17.2. The van der Waals surface area contributed by atoms with Gasteiger partial charge < -0.3 is 5.32 Å². The van der Waals surface area contributed by atoms with E-state index in [-0.39, 0.29) is 17.9 Å². The van der Waals surface area contributed by atoms with Gasteiger partial charge in [-0.1, -0.05) is 0 Å². The average Bonchev–Trinajstić information content (AvgIpc) is 3.38. The largest absolute Gasteiger partial charge is 0.435 e. The number of carbonyl (C=O) groups is 1. The van der Waals surface area contributed by atoms with Crippen LogP contribution in [0.2, 0.25) is 0 Å². The number of aryl methyl sites for hydroxylation is 2. The molecule has 7 nitrogen and oxygen atoms in total. The van der Waals surface area contributed by atoms with Gasteiger partial charge >= 0.3 is 12.4 Å². The molecule has 1 aliphatic carbocycles. The molecule has 1 amide bonds. The van der Waals surface area contributed by atoms with Crippen LogP contribution in [-0.2, 0) is 25.3 Å². The highest BCUT2D eigenvalue weighted by atomic mass is 19.4. The van der Waals surface area contributed by atoms with Gasteiger partial charge in [-0.25, -0.2) is 4.68 Å². The molecule has 0 bridgehead atoms. The minimum Gasteiger partial charge on any atom is -0.344 e. The highest BCUT2D eigenvalue weighted by Crippen LogP contribution is 2.33. The fourth-order valence-electron chi connectivity index (χ4n) is 3.75. The summed E-state index contributed by atoms with van der Waals surface area (Å²) in [6, 6.07) is 2.37. The number of hydrogen-bond donors (Lipinski definition) is 1. The zero-order valence-corrected chi connectivity index (χ0v) is 17.2. The van der Waals surface area contributed by atoms with Crippen molar-refractivity contribution in [1.82, 2.24) is 29.9 Å². The van der Waals surface area contributed by atoms with Crippen molar-refractivity contribution in [3.05, 3.63) is 58.9 Å². The van der Waals surface area contributed by atoms with Crippen molar-refractivity contribution in [2.75, 3.05) is 0 Å². The SMILES string of the molecule is CCn1nc(C(F)(F)F)cc1C(=O)NC1CCCc2nn(-c3ccnc(C(F)(F)F)c3)cc21. The van der Waals surface area contributed by atoms with E-state index >= 15 is 0 Å². The molecule has 0 fully saturated rings. The van der Waals surface area contributed by atoms with E-state index in [0.717, 1.165) is 16.9 Å². The first-order chi connectivity index (χ1) is 15.5. The first kappa shape index (κ1) is 22.8. The van der Waals surface area contributed by atoms with E-state index in [2.05, 4.69) is 20.5 Å². The molecule has 4 rings (SSSR count). The number of alkyl halides is 6. The van der Waals surface area contributed by atoms with Gasteiger partial charge in [0.2, 0.25) is 0 Å². The molecule has 3 aromatic rings. The third kappa shape index (κ3) is 4.57. The van der Waals surface area contributed by atoms with Crippen molar-refractivity contribution in [1.29, 1.82) is 0 Å². The monoisotopic (exact) mass is 472 g/mol. The van der Waals surface area contributed by atoms with Crippen molar-refractivity contribution >= 4 is 5.91 Å². The Balaban J connectivity index is 1.61. The molecular formula is C20H18F6N6O. The second-order valence-electron chi connectivity index (χ2n) is 7.52. The third-order valence-corrected chi connectivity index (χ3v) is 5.31. The fourth-order valence-corrected chi connectivity index (χ4v) is 3.75. The number of halogens is 6. The van der Waals surface area contributed by atoms with E-state index < -0.39 is 35.7 Å². The normalized spacial score (nSPS) is 16.5. The van der Waals surface area contributed by atoms with E-state index in [1.807, 2.05) is 0 Å². The van der Waals surface area contributed by atoms with Crippen LogP contribution in [0.5, 0.6) is 0 Å². The van der Waals surface area contributed by atoms with Crippen LogP contribution >= 0.6 is 0 Å². The Morgan fingerprint density at radius 2 is 1.85 bits per heavy atom. The van der Waals surface area contributed by atoms with Gasteiger partial charge in [0.05, 0.1) is 17.4 Å². The summed E-state index contributed by atoms with van der Waals surface area (Å²) in [7, 11) is 0. The molecule has 0 radical (unpaired) electrons. The van der Waals surface area contributed by atoms with Crippen LogP contribution in [0.1, 0.15) is 58.9 Å². The van der Waals surface area contributed by atoms with E-state index in [4.69, 9.17) is 0 Å². The molecule has 33 heavy (non-hydrogen) atoms. The maximum atomic E-state index is 13.0. The predicted molar refractivity (Wildman–Crippen MR) is 102 cm³/mol. The first-order valence-electron chi connectivity index (χ1n) is 10.1. The van der Waals surface area contributed by atoms with Gasteiger partial charge in [-0.05, 0) is 38.3 Å². The summed E-state index contributed by atoms with van der Waals surface area (Å²) in [5.41, 5.74) is -1.11. The molecule has 1 atom stereocenters. The zero-order chi connectivity index (χ0) is 24.0. The van der Waals surface area contributed by atoms with Crippen molar-refractivity contribution in [2.45, 2.75) is 51.1 Å². The molecule has 3 aromatic heterocycles. The molecule has 3 heterocycles. The Morgan fingerprint density at radius 1 is 1.12 bits per heavy atom. The number of amides is 1. The molecule has 0 saturated carbocycles. The molecule has 1 aliphatic rings. The Bertz CT molecular complexity index is 1180. The summed E-state index contributed by atoms with van der Waals surface area (Å²) in [4.78, 5) is 16.1. The topological polar surface area (TPSA) is 77.6 Å². The summed E-state index contributed by atoms with van der Waals surface area (Å²) in [5.74, 6) is -0.728. The number of nitrogens with one attached hydrogen (secondary N) is 1. The van der Waals surface area contributed by atoms with E-state index in [9.17, 15) is 31.1 Å². The van der Waals surface area contributed by atoms with Crippen LogP contribution in [0.4, 0.5) is 26.3 Å². The van der Waals surface area contributed by atoms with Crippen LogP contribution in [0.15, 0.2) is 30.6 Å². The third-order valence-electron chi connectivity index (χ3n) is 5.31. The van der Waals surface area contributed by atoms with Gasteiger partial charge in [-0.15, -0.1) is 0 Å². The Morgan fingerprint density at radius 3 is 2.52 bits per heavy atom. The Labute approximate surface area is 183 Å². The number of pyridine rings is 1. The second-order valence-corrected chi connectivity index (χ2v) is 7.52. The van der Waals surface area contributed by atoms with Crippen LogP contribution in [0.25, 0.3) is 5.69 Å². The van der Waals surface area contributed by atoms with Crippen molar-refractivity contribution < 1.29 is 31.1 Å². The lowest BCUT2D eigenvalue weighted by Gasteiger charge is -2.22. The van der Waals surface area contributed by atoms with Crippen molar-refractivity contribution in [2.24, 2.45) is 0 Å². The number of nitrogens with zero attached hydrogens (tertiary/aromatic N) is 5. The summed E-state index contributed by atoms with van der Waals surface area (Å²) < 4.78 is 80.3.